The monoisotopic (exact) mass is 494 g/mol. The number of ketones is 1. The summed E-state index contributed by atoms with van der Waals surface area (Å²) in [7, 11) is -3.99. The van der Waals surface area contributed by atoms with Crippen molar-refractivity contribution in [3.05, 3.63) is 115 Å². The van der Waals surface area contributed by atoms with Gasteiger partial charge in [0.1, 0.15) is 0 Å². The SMILES string of the molecule is O=C(C[As](Br)(c1ccccc1)(c1ccccc1)c1ccccc1)c1ccco1. The standard InChI is InChI=1S/C24H20AsBrO2/c26-25(20-11-4-1-5-12-20,21-13-6-2-7-14-21,22-15-8-3-9-16-22)19-23(27)24-17-10-18-28-24/h1-18H,19H2. The number of Topliss-reactive ketones (excluding diaryl/α,β-unsaturated/α-hetero) is 1. The number of furan rings is 1. The second-order valence-electron chi connectivity index (χ2n) is 6.75. The van der Waals surface area contributed by atoms with Crippen molar-refractivity contribution in [1.82, 2.24) is 0 Å². The van der Waals surface area contributed by atoms with Gasteiger partial charge in [0.25, 0.3) is 0 Å². The van der Waals surface area contributed by atoms with Gasteiger partial charge < -0.3 is 0 Å². The van der Waals surface area contributed by atoms with Crippen molar-refractivity contribution in [3.8, 4) is 0 Å². The number of carbonyl (C=O) groups is 1. The van der Waals surface area contributed by atoms with E-state index in [0.29, 0.717) is 11.0 Å². The van der Waals surface area contributed by atoms with E-state index in [2.05, 4.69) is 50.3 Å². The van der Waals surface area contributed by atoms with Crippen LogP contribution in [0, 0.1) is 0 Å². The molecule has 4 heteroatoms. The zero-order chi connectivity index (χ0) is 19.5. The van der Waals surface area contributed by atoms with Crippen LogP contribution in [0.1, 0.15) is 10.6 Å². The van der Waals surface area contributed by atoms with Gasteiger partial charge in [0.15, 0.2) is 0 Å². The molecule has 0 saturated heterocycles. The fourth-order valence-electron chi connectivity index (χ4n) is 3.72. The van der Waals surface area contributed by atoms with Gasteiger partial charge >= 0.3 is 173 Å². The van der Waals surface area contributed by atoms with Gasteiger partial charge in [-0.15, -0.1) is 0 Å². The Bertz CT molecular complexity index is 962. The van der Waals surface area contributed by atoms with E-state index >= 15 is 0 Å². The summed E-state index contributed by atoms with van der Waals surface area (Å²) in [4.78, 5) is 13.4. The molecule has 28 heavy (non-hydrogen) atoms. The zero-order valence-electron chi connectivity index (χ0n) is 15.2. The van der Waals surface area contributed by atoms with Crippen molar-refractivity contribution in [2.45, 2.75) is 5.21 Å². The van der Waals surface area contributed by atoms with E-state index in [0.717, 1.165) is 0 Å². The summed E-state index contributed by atoms with van der Waals surface area (Å²) in [5, 5.41) is 0.351. The van der Waals surface area contributed by atoms with Gasteiger partial charge in [0, 0.05) is 0 Å². The Labute approximate surface area is 172 Å². The van der Waals surface area contributed by atoms with Crippen molar-refractivity contribution < 1.29 is 9.21 Å². The number of rotatable bonds is 6. The van der Waals surface area contributed by atoms with Crippen LogP contribution in [0.4, 0.5) is 0 Å². The fraction of sp³-hybridized carbons (Fsp3) is 0.0417. The summed E-state index contributed by atoms with van der Waals surface area (Å²) in [5.41, 5.74) is 0. The Balaban J connectivity index is 2.05. The van der Waals surface area contributed by atoms with Gasteiger partial charge in [-0.2, -0.15) is 0 Å². The molecule has 1 heterocycles. The predicted molar refractivity (Wildman–Crippen MR) is 121 cm³/mol. The molecular formula is C24H20AsBrO2. The van der Waals surface area contributed by atoms with Gasteiger partial charge in [-0.3, -0.25) is 0 Å². The van der Waals surface area contributed by atoms with E-state index in [1.807, 2.05) is 54.6 Å². The second kappa shape index (κ2) is 7.58. The van der Waals surface area contributed by atoms with Crippen molar-refractivity contribution in [1.29, 1.82) is 0 Å². The molecule has 0 saturated carbocycles. The average Bonchev–Trinajstić information content (AvgIpc) is 3.31. The molecule has 3 aromatic carbocycles. The number of hydrogen-bond donors (Lipinski definition) is 0. The van der Waals surface area contributed by atoms with Crippen molar-refractivity contribution in [3.63, 3.8) is 0 Å². The van der Waals surface area contributed by atoms with Crippen LogP contribution < -0.4 is 13.1 Å². The topological polar surface area (TPSA) is 30.2 Å². The summed E-state index contributed by atoms with van der Waals surface area (Å²) in [6.07, 6.45) is 1.55. The molecule has 0 spiro atoms. The van der Waals surface area contributed by atoms with Crippen molar-refractivity contribution in [2.75, 3.05) is 0 Å². The maximum absolute atomic E-state index is 13.4. The minimum absolute atomic E-state index is 0.00411. The van der Waals surface area contributed by atoms with E-state index < -0.39 is 10.6 Å². The molecule has 0 aliphatic rings. The molecule has 0 amide bonds. The fourth-order valence-corrected chi connectivity index (χ4v) is 18.1. The summed E-state index contributed by atoms with van der Waals surface area (Å²) in [5.74, 6) is 0.402. The van der Waals surface area contributed by atoms with E-state index in [4.69, 9.17) is 4.42 Å². The van der Waals surface area contributed by atoms with Gasteiger partial charge in [-0.05, 0) is 0 Å². The quantitative estimate of drug-likeness (QED) is 0.292. The van der Waals surface area contributed by atoms with Crippen molar-refractivity contribution in [2.24, 2.45) is 0 Å². The summed E-state index contributed by atoms with van der Waals surface area (Å²) >= 11 is 4.32. The predicted octanol–water partition coefficient (Wildman–Crippen LogP) is 4.48. The molecular weight excluding hydrogens is 475 g/mol. The molecule has 0 bridgehead atoms. The van der Waals surface area contributed by atoms with Crippen LogP contribution in [-0.4, -0.2) is 16.4 Å². The van der Waals surface area contributed by atoms with E-state index in [9.17, 15) is 4.79 Å². The second-order valence-corrected chi connectivity index (χ2v) is 23.8. The first-order chi connectivity index (χ1) is 13.6. The van der Waals surface area contributed by atoms with Crippen LogP contribution in [0.15, 0.2) is 114 Å². The normalized spacial score (nSPS) is 12.8. The molecule has 0 atom stereocenters. The van der Waals surface area contributed by atoms with E-state index in [1.165, 1.54) is 13.1 Å². The third kappa shape index (κ3) is 3.09. The van der Waals surface area contributed by atoms with Gasteiger partial charge in [0.05, 0.1) is 0 Å². The van der Waals surface area contributed by atoms with Crippen LogP contribution >= 0.6 is 13.9 Å². The minimum atomic E-state index is -3.99. The number of halogens is 1. The van der Waals surface area contributed by atoms with Gasteiger partial charge in [-0.1, -0.05) is 0 Å². The third-order valence-corrected chi connectivity index (χ3v) is 23.3. The number of hydrogen-bond acceptors (Lipinski definition) is 2. The molecule has 1 aromatic heterocycles. The molecule has 0 aliphatic heterocycles. The molecule has 0 radical (unpaired) electrons. The van der Waals surface area contributed by atoms with Crippen LogP contribution in [0.2, 0.25) is 5.21 Å². The van der Waals surface area contributed by atoms with Crippen molar-refractivity contribution >= 4 is 43.4 Å². The maximum atomic E-state index is 13.4. The zero-order valence-corrected chi connectivity index (χ0v) is 18.7. The van der Waals surface area contributed by atoms with Crippen LogP contribution in [0.3, 0.4) is 0 Å². The number of benzene rings is 3. The Hall–Kier alpha value is -2.35. The molecule has 0 N–H and O–H groups in total. The van der Waals surface area contributed by atoms with Crippen LogP contribution in [0.5, 0.6) is 0 Å². The molecule has 0 fully saturated rings. The van der Waals surface area contributed by atoms with E-state index in [-0.39, 0.29) is 5.78 Å². The summed E-state index contributed by atoms with van der Waals surface area (Å²) in [6, 6.07) is 34.6. The molecule has 140 valence electrons. The Morgan fingerprint density at radius 3 is 1.46 bits per heavy atom. The molecule has 4 aromatic rings. The van der Waals surface area contributed by atoms with Crippen LogP contribution in [0.25, 0.3) is 0 Å². The van der Waals surface area contributed by atoms with Gasteiger partial charge in [-0.25, -0.2) is 0 Å². The first kappa shape index (κ1) is 19.0. The first-order valence-electron chi connectivity index (χ1n) is 9.09. The first-order valence-corrected chi connectivity index (χ1v) is 17.6. The molecule has 0 aliphatic carbocycles. The number of carbonyl (C=O) groups excluding carboxylic acids is 1. The van der Waals surface area contributed by atoms with E-state index in [1.54, 1.807) is 18.4 Å². The molecule has 2 nitrogen and oxygen atoms in total. The molecule has 4 rings (SSSR count). The van der Waals surface area contributed by atoms with Crippen LogP contribution in [-0.2, 0) is 0 Å². The Morgan fingerprint density at radius 1 is 0.679 bits per heavy atom. The average molecular weight is 495 g/mol. The summed E-state index contributed by atoms with van der Waals surface area (Å²) in [6.45, 7) is 0. The Morgan fingerprint density at radius 2 is 1.11 bits per heavy atom. The van der Waals surface area contributed by atoms with Gasteiger partial charge in [0.2, 0.25) is 0 Å². The molecule has 0 unspecified atom stereocenters. The third-order valence-electron chi connectivity index (χ3n) is 5.12. The summed E-state index contributed by atoms with van der Waals surface area (Å²) < 4.78 is 8.95. The Kier molecular flexibility index (Phi) is 5.14.